The number of hydrazone groups is 1. The van der Waals surface area contributed by atoms with E-state index in [-0.39, 0.29) is 5.91 Å². The van der Waals surface area contributed by atoms with Crippen LogP contribution in [0.3, 0.4) is 0 Å². The van der Waals surface area contributed by atoms with Crippen molar-refractivity contribution in [2.75, 3.05) is 7.11 Å². The number of nitrogens with one attached hydrogen (secondary N) is 1. The molecule has 0 radical (unpaired) electrons. The Labute approximate surface area is 143 Å². The molecule has 0 saturated carbocycles. The van der Waals surface area contributed by atoms with Gasteiger partial charge in [0.1, 0.15) is 5.75 Å². The fourth-order valence-electron chi connectivity index (χ4n) is 1.63. The number of aromatic nitrogens is 2. The Kier molecular flexibility index (Phi) is 5.34. The molecule has 0 aliphatic rings. The average Bonchev–Trinajstić information content (AvgIpc) is 2.78. The zero-order chi connectivity index (χ0) is 15.4. The molecule has 2 rings (SSSR count). The van der Waals surface area contributed by atoms with Crippen molar-refractivity contribution in [1.29, 1.82) is 0 Å². The van der Waals surface area contributed by atoms with Crippen LogP contribution in [0.5, 0.6) is 5.75 Å². The van der Waals surface area contributed by atoms with E-state index >= 15 is 0 Å². The lowest BCUT2D eigenvalue weighted by atomic mass is 10.2. The van der Waals surface area contributed by atoms with Gasteiger partial charge in [0.2, 0.25) is 0 Å². The van der Waals surface area contributed by atoms with E-state index in [0.717, 1.165) is 13.6 Å². The van der Waals surface area contributed by atoms with Gasteiger partial charge in [-0.2, -0.15) is 10.2 Å². The Hall–Kier alpha value is -1.42. The average molecular weight is 463 g/mol. The molecule has 0 bridgehead atoms. The second-order valence-electron chi connectivity index (χ2n) is 4.08. The highest BCUT2D eigenvalue weighted by Gasteiger charge is 2.13. The minimum atomic E-state index is -0.356. The normalized spacial score (nSPS) is 10.9. The van der Waals surface area contributed by atoms with Gasteiger partial charge in [0.05, 0.1) is 16.9 Å². The van der Waals surface area contributed by atoms with Crippen molar-refractivity contribution in [3.8, 4) is 5.75 Å². The zero-order valence-corrected chi connectivity index (χ0v) is 15.0. The molecule has 0 aliphatic carbocycles. The van der Waals surface area contributed by atoms with Gasteiger partial charge in [0.15, 0.2) is 5.69 Å². The Morgan fingerprint density at radius 1 is 1.57 bits per heavy atom. The number of carbonyl (C=O) groups is 1. The first-order valence-electron chi connectivity index (χ1n) is 5.87. The number of amides is 1. The molecule has 1 aromatic carbocycles. The second kappa shape index (κ2) is 7.03. The maximum absolute atomic E-state index is 11.9. The van der Waals surface area contributed by atoms with E-state index in [2.05, 4.69) is 54.1 Å². The molecule has 0 fully saturated rings. The molecule has 0 spiro atoms. The maximum Gasteiger partial charge on any atom is 0.292 e. The van der Waals surface area contributed by atoms with E-state index in [4.69, 9.17) is 4.74 Å². The van der Waals surface area contributed by atoms with E-state index in [1.165, 1.54) is 6.21 Å². The van der Waals surface area contributed by atoms with Gasteiger partial charge >= 0.3 is 0 Å². The summed E-state index contributed by atoms with van der Waals surface area (Å²) in [7, 11) is 3.34. The molecule has 0 saturated heterocycles. The van der Waals surface area contributed by atoms with Crippen molar-refractivity contribution in [3.05, 3.63) is 43.7 Å². The minimum Gasteiger partial charge on any atom is -0.496 e. The molecule has 1 amide bonds. The van der Waals surface area contributed by atoms with Crippen LogP contribution in [0.1, 0.15) is 16.1 Å². The van der Waals surface area contributed by atoms with Crippen LogP contribution in [0, 0.1) is 3.57 Å². The number of hydrogen-bond acceptors (Lipinski definition) is 4. The summed E-state index contributed by atoms with van der Waals surface area (Å²) in [4.78, 5) is 11.9. The molecule has 0 atom stereocenters. The van der Waals surface area contributed by atoms with Gasteiger partial charge in [-0.1, -0.05) is 15.9 Å². The lowest BCUT2D eigenvalue weighted by molar-refractivity contribution is 0.0948. The van der Waals surface area contributed by atoms with Gasteiger partial charge in [-0.05, 0) is 40.8 Å². The standard InChI is InChI=1S/C13H12BrIN4O2/c1-19-7-10(15)12(18-19)13(20)17-16-6-8-5-9(14)3-4-11(8)21-2/h3-7H,1-2H3,(H,17,20). The van der Waals surface area contributed by atoms with E-state index in [0.29, 0.717) is 11.4 Å². The first-order chi connectivity index (χ1) is 10.0. The van der Waals surface area contributed by atoms with Gasteiger partial charge in [-0.25, -0.2) is 5.43 Å². The zero-order valence-electron chi connectivity index (χ0n) is 11.3. The summed E-state index contributed by atoms with van der Waals surface area (Å²) >= 11 is 5.43. The summed E-state index contributed by atoms with van der Waals surface area (Å²) in [5.41, 5.74) is 3.55. The molecule has 0 aliphatic heterocycles. The van der Waals surface area contributed by atoms with Crippen LogP contribution in [0.2, 0.25) is 0 Å². The number of nitrogens with zero attached hydrogens (tertiary/aromatic N) is 3. The van der Waals surface area contributed by atoms with Crippen molar-refractivity contribution in [2.24, 2.45) is 12.1 Å². The molecule has 6 nitrogen and oxygen atoms in total. The number of methoxy groups -OCH3 is 1. The summed E-state index contributed by atoms with van der Waals surface area (Å²) in [6, 6.07) is 5.53. The molecule has 8 heteroatoms. The number of aryl methyl sites for hydroxylation is 1. The van der Waals surface area contributed by atoms with Crippen LogP contribution in [-0.4, -0.2) is 29.0 Å². The summed E-state index contributed by atoms with van der Waals surface area (Å²) in [5, 5.41) is 8.01. The van der Waals surface area contributed by atoms with Gasteiger partial charge in [0.25, 0.3) is 5.91 Å². The van der Waals surface area contributed by atoms with Crippen LogP contribution < -0.4 is 10.2 Å². The summed E-state index contributed by atoms with van der Waals surface area (Å²) < 4.78 is 8.47. The summed E-state index contributed by atoms with van der Waals surface area (Å²) in [6.45, 7) is 0. The third-order valence-corrected chi connectivity index (χ3v) is 3.84. The van der Waals surface area contributed by atoms with Crippen LogP contribution in [0.4, 0.5) is 0 Å². The van der Waals surface area contributed by atoms with Crippen molar-refractivity contribution in [1.82, 2.24) is 15.2 Å². The minimum absolute atomic E-state index is 0.344. The maximum atomic E-state index is 11.9. The number of benzene rings is 1. The van der Waals surface area contributed by atoms with E-state index in [9.17, 15) is 4.79 Å². The smallest absolute Gasteiger partial charge is 0.292 e. The molecule has 1 heterocycles. The van der Waals surface area contributed by atoms with Crippen LogP contribution in [0.25, 0.3) is 0 Å². The van der Waals surface area contributed by atoms with Gasteiger partial charge in [0, 0.05) is 23.3 Å². The predicted molar refractivity (Wildman–Crippen MR) is 91.7 cm³/mol. The summed E-state index contributed by atoms with van der Waals surface area (Å²) in [6.07, 6.45) is 3.29. The number of halogens is 2. The lowest BCUT2D eigenvalue weighted by Gasteiger charge is -2.04. The molecular weight excluding hydrogens is 451 g/mol. The Balaban J connectivity index is 2.11. The third-order valence-electron chi connectivity index (χ3n) is 2.56. The van der Waals surface area contributed by atoms with Gasteiger partial charge < -0.3 is 4.74 Å². The molecule has 2 aromatic rings. The first-order valence-corrected chi connectivity index (χ1v) is 7.74. The number of ether oxygens (including phenoxy) is 1. The van der Waals surface area contributed by atoms with E-state index < -0.39 is 0 Å². The van der Waals surface area contributed by atoms with Gasteiger partial charge in [-0.15, -0.1) is 0 Å². The lowest BCUT2D eigenvalue weighted by Crippen LogP contribution is -2.19. The van der Waals surface area contributed by atoms with Crippen molar-refractivity contribution in [2.45, 2.75) is 0 Å². The summed E-state index contributed by atoms with van der Waals surface area (Å²) in [5.74, 6) is 0.314. The van der Waals surface area contributed by atoms with Crippen molar-refractivity contribution in [3.63, 3.8) is 0 Å². The molecule has 0 unspecified atom stereocenters. The third kappa shape index (κ3) is 4.03. The van der Waals surface area contributed by atoms with E-state index in [1.807, 2.05) is 18.2 Å². The SMILES string of the molecule is COc1ccc(Br)cc1C=NNC(=O)c1nn(C)cc1I. The topological polar surface area (TPSA) is 68.5 Å². The quantitative estimate of drug-likeness (QED) is 0.431. The van der Waals surface area contributed by atoms with Crippen LogP contribution in [-0.2, 0) is 7.05 Å². The number of hydrogen-bond donors (Lipinski definition) is 1. The van der Waals surface area contributed by atoms with Crippen molar-refractivity contribution < 1.29 is 9.53 Å². The molecule has 1 aromatic heterocycles. The number of rotatable bonds is 4. The largest absolute Gasteiger partial charge is 0.496 e. The monoisotopic (exact) mass is 462 g/mol. The fraction of sp³-hybridized carbons (Fsp3) is 0.154. The highest BCUT2D eigenvalue weighted by molar-refractivity contribution is 14.1. The Morgan fingerprint density at radius 3 is 2.95 bits per heavy atom. The van der Waals surface area contributed by atoms with Crippen LogP contribution in [0.15, 0.2) is 34.0 Å². The van der Waals surface area contributed by atoms with E-state index in [1.54, 1.807) is 25.0 Å². The van der Waals surface area contributed by atoms with Crippen LogP contribution >= 0.6 is 38.5 Å². The second-order valence-corrected chi connectivity index (χ2v) is 6.16. The highest BCUT2D eigenvalue weighted by Crippen LogP contribution is 2.21. The highest BCUT2D eigenvalue weighted by atomic mass is 127. The Morgan fingerprint density at radius 2 is 2.33 bits per heavy atom. The molecular formula is C13H12BrIN4O2. The number of carbonyl (C=O) groups excluding carboxylic acids is 1. The van der Waals surface area contributed by atoms with Crippen molar-refractivity contribution >= 4 is 50.6 Å². The Bertz CT molecular complexity index is 699. The predicted octanol–water partition coefficient (Wildman–Crippen LogP) is 2.56. The van der Waals surface area contributed by atoms with Gasteiger partial charge in [-0.3, -0.25) is 9.48 Å². The first kappa shape index (κ1) is 16.0. The fourth-order valence-corrected chi connectivity index (χ4v) is 2.77. The molecule has 21 heavy (non-hydrogen) atoms. The molecule has 1 N–H and O–H groups in total. The molecule has 110 valence electrons.